The maximum Gasteiger partial charge on any atom is 0.192 e. The lowest BCUT2D eigenvalue weighted by atomic mass is 10.1. The molecule has 0 amide bonds. The number of nitrogens with zero attached hydrogens (tertiary/aromatic N) is 4. The normalized spacial score (nSPS) is 12.9. The summed E-state index contributed by atoms with van der Waals surface area (Å²) in [6.45, 7) is 9.87. The summed E-state index contributed by atoms with van der Waals surface area (Å²) in [5.41, 5.74) is 2.61. The first kappa shape index (κ1) is 19.9. The Hall–Kier alpha value is -2.37. The Morgan fingerprint density at radius 1 is 1.19 bits per heavy atom. The number of guanidine groups is 1. The van der Waals surface area contributed by atoms with Gasteiger partial charge >= 0.3 is 0 Å². The second-order valence-electron chi connectivity index (χ2n) is 6.63. The van der Waals surface area contributed by atoms with E-state index in [0.29, 0.717) is 6.54 Å². The number of aliphatic imine (C=N–C) groups is 1. The number of unbranched alkanes of at least 4 members (excludes halogenated alkanes) is 1. The number of aromatic nitrogens is 3. The zero-order valence-corrected chi connectivity index (χ0v) is 16.7. The van der Waals surface area contributed by atoms with Crippen molar-refractivity contribution < 1.29 is 0 Å². The molecule has 1 aromatic carbocycles. The number of hydrogen-bond acceptors (Lipinski definition) is 3. The molecule has 0 radical (unpaired) electrons. The average molecular weight is 357 g/mol. The van der Waals surface area contributed by atoms with Crippen LogP contribution in [0.3, 0.4) is 0 Å². The highest BCUT2D eigenvalue weighted by Gasteiger charge is 2.09. The third-order valence-electron chi connectivity index (χ3n) is 4.63. The summed E-state index contributed by atoms with van der Waals surface area (Å²) in [6.07, 6.45) is 3.32. The molecule has 1 aromatic heterocycles. The van der Waals surface area contributed by atoms with Crippen molar-refractivity contribution in [3.63, 3.8) is 0 Å². The molecule has 2 N–H and O–H groups in total. The summed E-state index contributed by atoms with van der Waals surface area (Å²) in [6, 6.07) is 8.93. The van der Waals surface area contributed by atoms with Crippen LogP contribution >= 0.6 is 0 Å². The maximum atomic E-state index is 4.71. The number of benzene rings is 1. The molecule has 0 saturated carbocycles. The van der Waals surface area contributed by atoms with Crippen LogP contribution in [-0.4, -0.2) is 27.3 Å². The van der Waals surface area contributed by atoms with Gasteiger partial charge in [0.1, 0.15) is 12.4 Å². The SMILES string of the molecule is CCCCNC(=NCc1nnc(C)n1C)NC(C)c1ccc(CC)cc1. The van der Waals surface area contributed by atoms with Gasteiger partial charge in [-0.3, -0.25) is 0 Å². The number of aryl methyl sites for hydroxylation is 2. The molecule has 1 atom stereocenters. The van der Waals surface area contributed by atoms with E-state index < -0.39 is 0 Å². The fourth-order valence-corrected chi connectivity index (χ4v) is 2.61. The van der Waals surface area contributed by atoms with Crippen molar-refractivity contribution in [2.24, 2.45) is 12.0 Å². The van der Waals surface area contributed by atoms with E-state index in [0.717, 1.165) is 43.4 Å². The molecule has 0 bridgehead atoms. The topological polar surface area (TPSA) is 67.1 Å². The van der Waals surface area contributed by atoms with Crippen LogP contribution in [0, 0.1) is 6.92 Å². The van der Waals surface area contributed by atoms with Crippen LogP contribution < -0.4 is 10.6 Å². The molecular formula is C20H32N6. The monoisotopic (exact) mass is 356 g/mol. The second-order valence-corrected chi connectivity index (χ2v) is 6.63. The molecule has 6 nitrogen and oxygen atoms in total. The molecule has 0 aliphatic carbocycles. The van der Waals surface area contributed by atoms with E-state index in [1.165, 1.54) is 11.1 Å². The molecule has 142 valence electrons. The van der Waals surface area contributed by atoms with E-state index in [1.807, 2.05) is 18.5 Å². The smallest absolute Gasteiger partial charge is 0.192 e. The van der Waals surface area contributed by atoms with Gasteiger partial charge in [-0.1, -0.05) is 44.5 Å². The van der Waals surface area contributed by atoms with Crippen molar-refractivity contribution in [3.8, 4) is 0 Å². The third-order valence-corrected chi connectivity index (χ3v) is 4.63. The third kappa shape index (κ3) is 5.58. The highest BCUT2D eigenvalue weighted by molar-refractivity contribution is 5.80. The van der Waals surface area contributed by atoms with Crippen LogP contribution in [-0.2, 0) is 20.0 Å². The van der Waals surface area contributed by atoms with Crippen molar-refractivity contribution in [2.45, 2.75) is 59.5 Å². The van der Waals surface area contributed by atoms with Crippen LogP contribution in [0.5, 0.6) is 0 Å². The lowest BCUT2D eigenvalue weighted by molar-refractivity contribution is 0.662. The van der Waals surface area contributed by atoms with Gasteiger partial charge in [0.25, 0.3) is 0 Å². The molecule has 0 fully saturated rings. The Kier molecular flexibility index (Phi) is 7.63. The first-order valence-electron chi connectivity index (χ1n) is 9.53. The first-order chi connectivity index (χ1) is 12.5. The Morgan fingerprint density at radius 3 is 2.50 bits per heavy atom. The summed E-state index contributed by atoms with van der Waals surface area (Å²) in [5, 5.41) is 15.2. The van der Waals surface area contributed by atoms with E-state index in [9.17, 15) is 0 Å². The van der Waals surface area contributed by atoms with E-state index in [1.54, 1.807) is 0 Å². The van der Waals surface area contributed by atoms with Gasteiger partial charge < -0.3 is 15.2 Å². The van der Waals surface area contributed by atoms with Gasteiger partial charge in [0, 0.05) is 13.6 Å². The van der Waals surface area contributed by atoms with Gasteiger partial charge in [-0.05, 0) is 37.8 Å². The molecule has 0 saturated heterocycles. The van der Waals surface area contributed by atoms with Crippen molar-refractivity contribution >= 4 is 5.96 Å². The summed E-state index contributed by atoms with van der Waals surface area (Å²) >= 11 is 0. The molecule has 1 unspecified atom stereocenters. The van der Waals surface area contributed by atoms with Gasteiger partial charge in [-0.2, -0.15) is 0 Å². The molecule has 2 aromatic rings. The zero-order valence-electron chi connectivity index (χ0n) is 16.7. The molecular weight excluding hydrogens is 324 g/mol. The summed E-state index contributed by atoms with van der Waals surface area (Å²) < 4.78 is 1.97. The molecule has 6 heteroatoms. The number of hydrogen-bond donors (Lipinski definition) is 2. The predicted octanol–water partition coefficient (Wildman–Crippen LogP) is 3.28. The van der Waals surface area contributed by atoms with Crippen molar-refractivity contribution in [2.75, 3.05) is 6.54 Å². The van der Waals surface area contributed by atoms with Gasteiger partial charge in [0.2, 0.25) is 0 Å². The fraction of sp³-hybridized carbons (Fsp3) is 0.550. The van der Waals surface area contributed by atoms with E-state index >= 15 is 0 Å². The van der Waals surface area contributed by atoms with E-state index in [-0.39, 0.29) is 6.04 Å². The predicted molar refractivity (Wildman–Crippen MR) is 107 cm³/mol. The van der Waals surface area contributed by atoms with E-state index in [2.05, 4.69) is 65.9 Å². The van der Waals surface area contributed by atoms with Gasteiger partial charge in [0.05, 0.1) is 6.04 Å². The van der Waals surface area contributed by atoms with Gasteiger partial charge in [-0.15, -0.1) is 10.2 Å². The van der Waals surface area contributed by atoms with Gasteiger partial charge in [0.15, 0.2) is 11.8 Å². The van der Waals surface area contributed by atoms with Crippen LogP contribution in [0.25, 0.3) is 0 Å². The van der Waals surface area contributed by atoms with E-state index in [4.69, 9.17) is 4.99 Å². The number of rotatable bonds is 8. The molecule has 26 heavy (non-hydrogen) atoms. The largest absolute Gasteiger partial charge is 0.356 e. The highest BCUT2D eigenvalue weighted by atomic mass is 15.3. The Morgan fingerprint density at radius 2 is 1.92 bits per heavy atom. The standard InChI is InChI=1S/C20H32N6/c1-6-8-13-21-20(22-14-19-25-24-16(4)26(19)5)23-15(3)18-11-9-17(7-2)10-12-18/h9-12,15H,6-8,13-14H2,1-5H3,(H2,21,22,23). The van der Waals surface area contributed by atoms with Crippen LogP contribution in [0.2, 0.25) is 0 Å². The van der Waals surface area contributed by atoms with Crippen LogP contribution in [0.15, 0.2) is 29.3 Å². The van der Waals surface area contributed by atoms with Crippen LogP contribution in [0.4, 0.5) is 0 Å². The lowest BCUT2D eigenvalue weighted by Crippen LogP contribution is -2.39. The highest BCUT2D eigenvalue weighted by Crippen LogP contribution is 2.13. The molecule has 1 heterocycles. The molecule has 0 aliphatic heterocycles. The van der Waals surface area contributed by atoms with Crippen LogP contribution in [0.1, 0.15) is 62.4 Å². The van der Waals surface area contributed by atoms with Crippen molar-refractivity contribution in [3.05, 3.63) is 47.0 Å². The Bertz CT molecular complexity index is 702. The summed E-state index contributed by atoms with van der Waals surface area (Å²) in [4.78, 5) is 4.71. The quantitative estimate of drug-likeness (QED) is 0.433. The molecule has 0 spiro atoms. The molecule has 0 aliphatic rings. The maximum absolute atomic E-state index is 4.71. The minimum Gasteiger partial charge on any atom is -0.356 e. The Balaban J connectivity index is 2.06. The number of nitrogens with one attached hydrogen (secondary N) is 2. The van der Waals surface area contributed by atoms with Gasteiger partial charge in [-0.25, -0.2) is 4.99 Å². The Labute approximate surface area is 157 Å². The summed E-state index contributed by atoms with van der Waals surface area (Å²) in [7, 11) is 1.97. The minimum absolute atomic E-state index is 0.176. The molecule has 2 rings (SSSR count). The van der Waals surface area contributed by atoms with Crippen molar-refractivity contribution in [1.29, 1.82) is 0 Å². The fourth-order valence-electron chi connectivity index (χ4n) is 2.61. The first-order valence-corrected chi connectivity index (χ1v) is 9.53. The average Bonchev–Trinajstić information content (AvgIpc) is 2.98. The zero-order chi connectivity index (χ0) is 18.9. The lowest BCUT2D eigenvalue weighted by Gasteiger charge is -2.19. The minimum atomic E-state index is 0.176. The summed E-state index contributed by atoms with van der Waals surface area (Å²) in [5.74, 6) is 2.57. The second kappa shape index (κ2) is 9.94. The van der Waals surface area contributed by atoms with Crippen molar-refractivity contribution in [1.82, 2.24) is 25.4 Å².